The Bertz CT molecular complexity index is 543. The smallest absolute Gasteiger partial charge is 0.127 e. The lowest BCUT2D eigenvalue weighted by Gasteiger charge is -2.05. The summed E-state index contributed by atoms with van der Waals surface area (Å²) in [6, 6.07) is 5.39. The lowest BCUT2D eigenvalue weighted by molar-refractivity contribution is 0.559. The third-order valence-corrected chi connectivity index (χ3v) is 2.78. The number of hydrogen-bond acceptors (Lipinski definition) is 2. The summed E-state index contributed by atoms with van der Waals surface area (Å²) in [5.41, 5.74) is 1.22. The van der Waals surface area contributed by atoms with Gasteiger partial charge >= 0.3 is 0 Å². The second-order valence-electron chi connectivity index (χ2n) is 4.41. The van der Waals surface area contributed by atoms with E-state index >= 15 is 0 Å². The average Bonchev–Trinajstić information content (AvgIpc) is 2.82. The second-order valence-corrected chi connectivity index (χ2v) is 4.41. The molecule has 0 aliphatic carbocycles. The van der Waals surface area contributed by atoms with Gasteiger partial charge < -0.3 is 5.32 Å². The minimum atomic E-state index is -0.426. The molecular formula is C14H18ClF2N3. The largest absolute Gasteiger partial charge is 0.307 e. The molecule has 1 heterocycles. The Morgan fingerprint density at radius 3 is 2.75 bits per heavy atom. The van der Waals surface area contributed by atoms with Crippen LogP contribution in [0, 0.1) is 11.6 Å². The van der Waals surface area contributed by atoms with Crippen molar-refractivity contribution < 1.29 is 8.78 Å². The van der Waals surface area contributed by atoms with E-state index in [1.54, 1.807) is 0 Å². The van der Waals surface area contributed by atoms with E-state index in [4.69, 9.17) is 0 Å². The molecule has 0 radical (unpaired) electrons. The molecule has 0 bridgehead atoms. The number of rotatable bonds is 6. The molecule has 0 unspecified atom stereocenters. The highest BCUT2D eigenvalue weighted by Gasteiger charge is 2.04. The third-order valence-electron chi connectivity index (χ3n) is 2.78. The van der Waals surface area contributed by atoms with Crippen LogP contribution in [0.4, 0.5) is 8.78 Å². The molecule has 0 fully saturated rings. The maximum absolute atomic E-state index is 13.4. The van der Waals surface area contributed by atoms with Crippen LogP contribution < -0.4 is 5.32 Å². The topological polar surface area (TPSA) is 29.9 Å². The summed E-state index contributed by atoms with van der Waals surface area (Å²) < 4.78 is 28.2. The summed E-state index contributed by atoms with van der Waals surface area (Å²) in [5.74, 6) is -0.823. The van der Waals surface area contributed by atoms with Crippen LogP contribution in [0.15, 0.2) is 30.5 Å². The molecular weight excluding hydrogens is 284 g/mol. The predicted molar refractivity (Wildman–Crippen MR) is 76.7 cm³/mol. The van der Waals surface area contributed by atoms with E-state index in [0.717, 1.165) is 30.8 Å². The van der Waals surface area contributed by atoms with Gasteiger partial charge in [-0.05, 0) is 30.7 Å². The van der Waals surface area contributed by atoms with Gasteiger partial charge in [0.05, 0.1) is 5.69 Å². The number of halogens is 3. The molecule has 2 aromatic rings. The van der Waals surface area contributed by atoms with Crippen LogP contribution in [0.3, 0.4) is 0 Å². The fourth-order valence-corrected chi connectivity index (χ4v) is 1.86. The van der Waals surface area contributed by atoms with Crippen molar-refractivity contribution in [2.45, 2.75) is 33.0 Å². The molecule has 0 spiro atoms. The van der Waals surface area contributed by atoms with Crippen molar-refractivity contribution in [3.63, 3.8) is 0 Å². The summed E-state index contributed by atoms with van der Waals surface area (Å²) in [7, 11) is 0. The van der Waals surface area contributed by atoms with Crippen molar-refractivity contribution >= 4 is 12.4 Å². The SMILES string of the molecule is CCCn1ccc(CNCc2cc(F)ccc2F)n1.Cl. The molecule has 0 saturated heterocycles. The first-order valence-electron chi connectivity index (χ1n) is 6.36. The van der Waals surface area contributed by atoms with E-state index in [2.05, 4.69) is 17.3 Å². The minimum Gasteiger partial charge on any atom is -0.307 e. The summed E-state index contributed by atoms with van der Waals surface area (Å²) in [6.07, 6.45) is 2.95. The summed E-state index contributed by atoms with van der Waals surface area (Å²) >= 11 is 0. The van der Waals surface area contributed by atoms with Crippen LogP contribution in [0.2, 0.25) is 0 Å². The molecule has 0 atom stereocenters. The molecule has 1 aromatic carbocycles. The maximum Gasteiger partial charge on any atom is 0.127 e. The lowest BCUT2D eigenvalue weighted by atomic mass is 10.2. The van der Waals surface area contributed by atoms with Crippen molar-refractivity contribution in [3.05, 3.63) is 53.4 Å². The molecule has 6 heteroatoms. The summed E-state index contributed by atoms with van der Waals surface area (Å²) in [5, 5.41) is 7.42. The Hall–Kier alpha value is -1.46. The molecule has 2 rings (SSSR count). The molecule has 1 N–H and O–H groups in total. The van der Waals surface area contributed by atoms with E-state index in [1.807, 2.05) is 16.9 Å². The monoisotopic (exact) mass is 301 g/mol. The zero-order valence-electron chi connectivity index (χ0n) is 11.3. The number of benzene rings is 1. The van der Waals surface area contributed by atoms with E-state index in [-0.39, 0.29) is 19.0 Å². The third kappa shape index (κ3) is 4.58. The molecule has 0 amide bonds. The van der Waals surface area contributed by atoms with Gasteiger partial charge in [-0.2, -0.15) is 5.10 Å². The second kappa shape index (κ2) is 7.97. The molecule has 3 nitrogen and oxygen atoms in total. The first-order chi connectivity index (χ1) is 9.19. The van der Waals surface area contributed by atoms with Gasteiger partial charge in [-0.25, -0.2) is 8.78 Å². The Balaban J connectivity index is 0.00000200. The van der Waals surface area contributed by atoms with E-state index in [9.17, 15) is 8.78 Å². The first-order valence-corrected chi connectivity index (χ1v) is 6.36. The molecule has 0 saturated carbocycles. The van der Waals surface area contributed by atoms with Gasteiger partial charge in [0.1, 0.15) is 11.6 Å². The summed E-state index contributed by atoms with van der Waals surface area (Å²) in [6.45, 7) is 3.79. The normalized spacial score (nSPS) is 10.3. The lowest BCUT2D eigenvalue weighted by Crippen LogP contribution is -2.14. The van der Waals surface area contributed by atoms with Gasteiger partial charge in [0, 0.05) is 31.4 Å². The van der Waals surface area contributed by atoms with Crippen LogP contribution in [-0.4, -0.2) is 9.78 Å². The Kier molecular flexibility index (Phi) is 6.61. The fourth-order valence-electron chi connectivity index (χ4n) is 1.86. The fraction of sp³-hybridized carbons (Fsp3) is 0.357. The van der Waals surface area contributed by atoms with E-state index in [1.165, 1.54) is 6.07 Å². The van der Waals surface area contributed by atoms with Gasteiger partial charge in [-0.3, -0.25) is 4.68 Å². The van der Waals surface area contributed by atoms with Crippen LogP contribution in [0.1, 0.15) is 24.6 Å². The number of aryl methyl sites for hydroxylation is 1. The standard InChI is InChI=1S/C14H17F2N3.ClH/c1-2-6-19-7-5-13(18-19)10-17-9-11-8-12(15)3-4-14(11)16;/h3-5,7-8,17H,2,6,9-10H2,1H3;1H. The molecule has 1 aromatic heterocycles. The van der Waals surface area contributed by atoms with Crippen LogP contribution in [-0.2, 0) is 19.6 Å². The number of nitrogens with zero attached hydrogens (tertiary/aromatic N) is 2. The van der Waals surface area contributed by atoms with Crippen LogP contribution in [0.25, 0.3) is 0 Å². The Morgan fingerprint density at radius 2 is 2.00 bits per heavy atom. The van der Waals surface area contributed by atoms with Gasteiger partial charge in [0.15, 0.2) is 0 Å². The zero-order chi connectivity index (χ0) is 13.7. The number of hydrogen-bond donors (Lipinski definition) is 1. The maximum atomic E-state index is 13.4. The van der Waals surface area contributed by atoms with Gasteiger partial charge in [-0.1, -0.05) is 6.92 Å². The van der Waals surface area contributed by atoms with Crippen LogP contribution >= 0.6 is 12.4 Å². The number of nitrogens with one attached hydrogen (secondary N) is 1. The minimum absolute atomic E-state index is 0. The van der Waals surface area contributed by atoms with E-state index < -0.39 is 11.6 Å². The molecule has 0 aliphatic rings. The van der Waals surface area contributed by atoms with Gasteiger partial charge in [-0.15, -0.1) is 12.4 Å². The molecule has 0 aliphatic heterocycles. The zero-order valence-corrected chi connectivity index (χ0v) is 12.1. The van der Waals surface area contributed by atoms with Gasteiger partial charge in [0.2, 0.25) is 0 Å². The van der Waals surface area contributed by atoms with Crippen molar-refractivity contribution in [1.29, 1.82) is 0 Å². The number of aromatic nitrogens is 2. The Morgan fingerprint density at radius 1 is 1.20 bits per heavy atom. The highest BCUT2D eigenvalue weighted by atomic mass is 35.5. The quantitative estimate of drug-likeness (QED) is 0.887. The van der Waals surface area contributed by atoms with Crippen molar-refractivity contribution in [3.8, 4) is 0 Å². The highest BCUT2D eigenvalue weighted by Crippen LogP contribution is 2.09. The predicted octanol–water partition coefficient (Wildman–Crippen LogP) is 3.28. The Labute approximate surface area is 123 Å². The molecule has 110 valence electrons. The van der Waals surface area contributed by atoms with Crippen molar-refractivity contribution in [2.24, 2.45) is 0 Å². The van der Waals surface area contributed by atoms with Gasteiger partial charge in [0.25, 0.3) is 0 Å². The van der Waals surface area contributed by atoms with Crippen molar-refractivity contribution in [1.82, 2.24) is 15.1 Å². The highest BCUT2D eigenvalue weighted by molar-refractivity contribution is 5.85. The molecule has 20 heavy (non-hydrogen) atoms. The average molecular weight is 302 g/mol. The first kappa shape index (κ1) is 16.6. The van der Waals surface area contributed by atoms with Crippen molar-refractivity contribution in [2.75, 3.05) is 0 Å². The van der Waals surface area contributed by atoms with Crippen LogP contribution in [0.5, 0.6) is 0 Å². The van der Waals surface area contributed by atoms with E-state index in [0.29, 0.717) is 12.1 Å². The summed E-state index contributed by atoms with van der Waals surface area (Å²) in [4.78, 5) is 0.